The van der Waals surface area contributed by atoms with Gasteiger partial charge in [-0.05, 0) is 24.1 Å². The number of nitrogens with two attached hydrogens (primary N) is 1. The summed E-state index contributed by atoms with van der Waals surface area (Å²) in [4.78, 5) is 2.31. The van der Waals surface area contributed by atoms with E-state index in [-0.39, 0.29) is 18.2 Å². The van der Waals surface area contributed by atoms with Crippen LogP contribution in [0.2, 0.25) is 5.02 Å². The molecule has 2 rings (SSSR count). The molecule has 0 spiro atoms. The minimum Gasteiger partial charge on any atom is -0.377 e. The highest BCUT2D eigenvalue weighted by Crippen LogP contribution is 2.29. The number of aryl methyl sites for hydroxylation is 1. The third-order valence-corrected chi connectivity index (χ3v) is 4.50. The van der Waals surface area contributed by atoms with Gasteiger partial charge >= 0.3 is 0 Å². The first-order valence-corrected chi connectivity index (χ1v) is 7.24. The van der Waals surface area contributed by atoms with Crippen molar-refractivity contribution >= 4 is 11.6 Å². The molecule has 1 saturated heterocycles. The predicted molar refractivity (Wildman–Crippen MR) is 81.2 cm³/mol. The lowest BCUT2D eigenvalue weighted by Gasteiger charge is -2.27. The van der Waals surface area contributed by atoms with Gasteiger partial charge in [0, 0.05) is 44.9 Å². The van der Waals surface area contributed by atoms with Crippen molar-refractivity contribution in [3.63, 3.8) is 0 Å². The van der Waals surface area contributed by atoms with Crippen molar-refractivity contribution in [2.45, 2.75) is 25.2 Å². The van der Waals surface area contributed by atoms with Crippen LogP contribution in [0, 0.1) is 6.92 Å². The van der Waals surface area contributed by atoms with E-state index in [0.717, 1.165) is 29.2 Å². The SMILES string of the molecule is COC1CN(C(CN)c2ccc(C)c(Cl)c2)CC1OC. The number of likely N-dealkylation sites (tertiary alicyclic amines) is 1. The van der Waals surface area contributed by atoms with Gasteiger partial charge in [0.2, 0.25) is 0 Å². The van der Waals surface area contributed by atoms with E-state index in [0.29, 0.717) is 6.54 Å². The third kappa shape index (κ3) is 3.15. The number of nitrogens with zero attached hydrogens (tertiary/aromatic N) is 1. The fourth-order valence-electron chi connectivity index (χ4n) is 2.79. The van der Waals surface area contributed by atoms with Gasteiger partial charge < -0.3 is 15.2 Å². The Hall–Kier alpha value is -0.650. The van der Waals surface area contributed by atoms with E-state index in [1.165, 1.54) is 0 Å². The van der Waals surface area contributed by atoms with Crippen LogP contribution >= 0.6 is 11.6 Å². The molecule has 0 aliphatic carbocycles. The summed E-state index contributed by atoms with van der Waals surface area (Å²) in [5.74, 6) is 0. The second-order valence-electron chi connectivity index (χ2n) is 5.26. The molecule has 0 saturated carbocycles. The van der Waals surface area contributed by atoms with E-state index in [1.807, 2.05) is 19.1 Å². The lowest BCUT2D eigenvalue weighted by atomic mass is 10.0. The highest BCUT2D eigenvalue weighted by Gasteiger charge is 2.36. The van der Waals surface area contributed by atoms with Crippen molar-refractivity contribution in [1.29, 1.82) is 0 Å². The Labute approximate surface area is 125 Å². The van der Waals surface area contributed by atoms with Gasteiger partial charge in [0.1, 0.15) is 0 Å². The summed E-state index contributed by atoms with van der Waals surface area (Å²) >= 11 is 6.22. The molecule has 4 nitrogen and oxygen atoms in total. The summed E-state index contributed by atoms with van der Waals surface area (Å²) in [5, 5.41) is 0.784. The van der Waals surface area contributed by atoms with Crippen molar-refractivity contribution < 1.29 is 9.47 Å². The average molecular weight is 299 g/mol. The number of methoxy groups -OCH3 is 2. The van der Waals surface area contributed by atoms with Crippen LogP contribution in [0.15, 0.2) is 18.2 Å². The zero-order valence-electron chi connectivity index (χ0n) is 12.3. The quantitative estimate of drug-likeness (QED) is 0.903. The van der Waals surface area contributed by atoms with Crippen LogP contribution in [0.25, 0.3) is 0 Å². The van der Waals surface area contributed by atoms with Crippen LogP contribution in [0.1, 0.15) is 17.2 Å². The van der Waals surface area contributed by atoms with Crippen LogP contribution in [0.5, 0.6) is 0 Å². The van der Waals surface area contributed by atoms with Gasteiger partial charge in [0.15, 0.2) is 0 Å². The summed E-state index contributed by atoms with van der Waals surface area (Å²) in [5.41, 5.74) is 8.21. The van der Waals surface area contributed by atoms with Gasteiger partial charge in [-0.25, -0.2) is 0 Å². The molecule has 0 aromatic heterocycles. The summed E-state index contributed by atoms with van der Waals surface area (Å²) in [7, 11) is 3.45. The molecule has 0 bridgehead atoms. The Kier molecular flexibility index (Phi) is 5.41. The van der Waals surface area contributed by atoms with E-state index < -0.39 is 0 Å². The second-order valence-corrected chi connectivity index (χ2v) is 5.67. The van der Waals surface area contributed by atoms with Gasteiger partial charge in [-0.1, -0.05) is 23.7 Å². The third-order valence-electron chi connectivity index (χ3n) is 4.09. The molecule has 1 aromatic rings. The summed E-state index contributed by atoms with van der Waals surface area (Å²) < 4.78 is 11.0. The van der Waals surface area contributed by atoms with E-state index in [4.69, 9.17) is 26.8 Å². The molecule has 0 radical (unpaired) electrons. The molecule has 112 valence electrons. The van der Waals surface area contributed by atoms with Gasteiger partial charge in [0.25, 0.3) is 0 Å². The molecule has 1 fully saturated rings. The van der Waals surface area contributed by atoms with Crippen molar-refractivity contribution in [2.75, 3.05) is 33.9 Å². The van der Waals surface area contributed by atoms with E-state index >= 15 is 0 Å². The Morgan fingerprint density at radius 1 is 1.30 bits per heavy atom. The fraction of sp³-hybridized carbons (Fsp3) is 0.600. The number of rotatable bonds is 5. The molecule has 1 heterocycles. The van der Waals surface area contributed by atoms with Crippen LogP contribution < -0.4 is 5.73 Å². The topological polar surface area (TPSA) is 47.7 Å². The summed E-state index contributed by atoms with van der Waals surface area (Å²) in [6, 6.07) is 6.29. The number of benzene rings is 1. The highest BCUT2D eigenvalue weighted by molar-refractivity contribution is 6.31. The van der Waals surface area contributed by atoms with Crippen molar-refractivity contribution in [3.05, 3.63) is 34.3 Å². The Bertz CT molecular complexity index is 443. The molecular weight excluding hydrogens is 276 g/mol. The number of ether oxygens (including phenoxy) is 2. The summed E-state index contributed by atoms with van der Waals surface area (Å²) in [6.45, 7) is 4.19. The van der Waals surface area contributed by atoms with Gasteiger partial charge in [-0.3, -0.25) is 4.90 Å². The molecule has 1 aliphatic heterocycles. The molecule has 1 aliphatic rings. The largest absolute Gasteiger partial charge is 0.377 e. The normalized spacial score (nSPS) is 25.1. The summed E-state index contributed by atoms with van der Waals surface area (Å²) in [6.07, 6.45) is 0.185. The minimum atomic E-state index is 0.0926. The van der Waals surface area contributed by atoms with Crippen molar-refractivity contribution in [1.82, 2.24) is 4.90 Å². The van der Waals surface area contributed by atoms with Crippen molar-refractivity contribution in [3.8, 4) is 0 Å². The molecule has 2 N–H and O–H groups in total. The monoisotopic (exact) mass is 298 g/mol. The van der Waals surface area contributed by atoms with E-state index in [1.54, 1.807) is 14.2 Å². The molecule has 0 amide bonds. The zero-order chi connectivity index (χ0) is 14.7. The van der Waals surface area contributed by atoms with E-state index in [2.05, 4.69) is 11.0 Å². The maximum atomic E-state index is 6.22. The molecular formula is C15H23ClN2O2. The van der Waals surface area contributed by atoms with Gasteiger partial charge in [0.05, 0.1) is 12.2 Å². The van der Waals surface area contributed by atoms with Crippen LogP contribution in [0.4, 0.5) is 0 Å². The minimum absolute atomic E-state index is 0.0926. The average Bonchev–Trinajstić information content (AvgIpc) is 2.86. The fourth-order valence-corrected chi connectivity index (χ4v) is 2.98. The number of halogens is 1. The molecule has 5 heteroatoms. The number of hydrogen-bond donors (Lipinski definition) is 1. The maximum absolute atomic E-state index is 6.22. The molecule has 20 heavy (non-hydrogen) atoms. The Morgan fingerprint density at radius 3 is 2.35 bits per heavy atom. The molecule has 1 aromatic carbocycles. The van der Waals surface area contributed by atoms with Crippen LogP contribution in [0.3, 0.4) is 0 Å². The van der Waals surface area contributed by atoms with E-state index in [9.17, 15) is 0 Å². The first kappa shape index (κ1) is 15.7. The molecule has 3 unspecified atom stereocenters. The van der Waals surface area contributed by atoms with Crippen molar-refractivity contribution in [2.24, 2.45) is 5.73 Å². The van der Waals surface area contributed by atoms with Crippen LogP contribution in [-0.2, 0) is 9.47 Å². The zero-order valence-corrected chi connectivity index (χ0v) is 13.1. The van der Waals surface area contributed by atoms with Gasteiger partial charge in [-0.2, -0.15) is 0 Å². The van der Waals surface area contributed by atoms with Crippen LogP contribution in [-0.4, -0.2) is 51.0 Å². The predicted octanol–water partition coefficient (Wildman–Crippen LogP) is 1.99. The Balaban J connectivity index is 2.18. The second kappa shape index (κ2) is 6.87. The smallest absolute Gasteiger partial charge is 0.0972 e. The molecule has 3 atom stereocenters. The van der Waals surface area contributed by atoms with Gasteiger partial charge in [-0.15, -0.1) is 0 Å². The lowest BCUT2D eigenvalue weighted by Crippen LogP contribution is -2.33. The highest BCUT2D eigenvalue weighted by atomic mass is 35.5. The Morgan fingerprint density at radius 2 is 1.90 bits per heavy atom. The first-order valence-electron chi connectivity index (χ1n) is 6.86. The lowest BCUT2D eigenvalue weighted by molar-refractivity contribution is -0.00461. The maximum Gasteiger partial charge on any atom is 0.0972 e. The first-order chi connectivity index (χ1) is 9.60. The number of hydrogen-bond acceptors (Lipinski definition) is 4. The standard InChI is InChI=1S/C15H23ClN2O2/c1-10-4-5-11(6-12(10)16)13(7-17)18-8-14(19-2)15(9-18)20-3/h4-6,13-15H,7-9,17H2,1-3H3.